The van der Waals surface area contributed by atoms with Crippen LogP contribution in [-0.2, 0) is 6.54 Å². The third-order valence-electron chi connectivity index (χ3n) is 1.55. The molecule has 0 aliphatic carbocycles. The Morgan fingerprint density at radius 3 is 2.31 bits per heavy atom. The van der Waals surface area contributed by atoms with Crippen molar-refractivity contribution in [1.82, 2.24) is 0 Å². The van der Waals surface area contributed by atoms with Gasteiger partial charge in [-0.15, -0.1) is 4.91 Å². The van der Waals surface area contributed by atoms with Crippen LogP contribution in [0.3, 0.4) is 0 Å². The number of hydrogen-bond donors (Lipinski definition) is 1. The van der Waals surface area contributed by atoms with Crippen LogP contribution in [0, 0.1) is 4.91 Å². The molecule has 0 bridgehead atoms. The number of aromatic nitrogens is 1. The van der Waals surface area contributed by atoms with Crippen LogP contribution in [-0.4, -0.2) is 5.21 Å². The first-order chi connectivity index (χ1) is 6.35. The van der Waals surface area contributed by atoms with Crippen molar-refractivity contribution in [2.75, 3.05) is 0 Å². The maximum absolute atomic E-state index is 8.11. The molecule has 4 heteroatoms. The smallest absolute Gasteiger partial charge is 0.168 e. The lowest BCUT2D eigenvalue weighted by molar-refractivity contribution is -0.697. The first-order valence-electron chi connectivity index (χ1n) is 4.26. The largest absolute Gasteiger partial charge is 0.379 e. The predicted molar refractivity (Wildman–Crippen MR) is 49.1 cm³/mol. The summed E-state index contributed by atoms with van der Waals surface area (Å²) in [5, 5.41) is 7.89. The molecule has 1 aromatic heterocycles. The fourth-order valence-corrected chi connectivity index (χ4v) is 0.924. The summed E-state index contributed by atoms with van der Waals surface area (Å²) in [5.74, 6) is 0. The highest BCUT2D eigenvalue weighted by atomic mass is 16.6. The normalized spacial score (nSPS) is 8.38. The minimum Gasteiger partial charge on any atom is -0.379 e. The van der Waals surface area contributed by atoms with E-state index in [1.54, 1.807) is 0 Å². The van der Waals surface area contributed by atoms with Crippen LogP contribution < -0.4 is 4.57 Å². The lowest BCUT2D eigenvalue weighted by Crippen LogP contribution is -2.31. The molecule has 13 heavy (non-hydrogen) atoms. The molecule has 0 spiro atoms. The summed E-state index contributed by atoms with van der Waals surface area (Å²) in [6.07, 6.45) is 6.75. The molecular weight excluding hydrogens is 168 g/mol. The lowest BCUT2D eigenvalue weighted by atomic mass is 10.3. The molecule has 1 rings (SSSR count). The fourth-order valence-electron chi connectivity index (χ4n) is 0.924. The van der Waals surface area contributed by atoms with Gasteiger partial charge in [0.1, 0.15) is 6.54 Å². The van der Waals surface area contributed by atoms with Crippen LogP contribution >= 0.6 is 0 Å². The highest BCUT2D eigenvalue weighted by Gasteiger charge is 1.93. The van der Waals surface area contributed by atoms with Crippen molar-refractivity contribution in [2.24, 2.45) is 5.34 Å². The third kappa shape index (κ3) is 6.93. The summed E-state index contributed by atoms with van der Waals surface area (Å²) >= 11 is 0. The molecule has 0 atom stereocenters. The van der Waals surface area contributed by atoms with E-state index in [2.05, 4.69) is 36.0 Å². The van der Waals surface area contributed by atoms with Gasteiger partial charge in [0.25, 0.3) is 0 Å². The Morgan fingerprint density at radius 1 is 1.31 bits per heavy atom. The zero-order valence-corrected chi connectivity index (χ0v) is 7.76. The van der Waals surface area contributed by atoms with Gasteiger partial charge in [-0.2, -0.15) is 0 Å². The number of aryl methyl sites for hydroxylation is 1. The van der Waals surface area contributed by atoms with Gasteiger partial charge in [-0.1, -0.05) is 19.4 Å². The fraction of sp³-hybridized carbons (Fsp3) is 0.444. The van der Waals surface area contributed by atoms with Crippen molar-refractivity contribution >= 4 is 0 Å². The van der Waals surface area contributed by atoms with Gasteiger partial charge in [0.05, 0.1) is 0 Å². The highest BCUT2D eigenvalue weighted by molar-refractivity contribution is 4.83. The van der Waals surface area contributed by atoms with E-state index >= 15 is 0 Å². The van der Waals surface area contributed by atoms with E-state index in [0.29, 0.717) is 0 Å². The monoisotopic (exact) mass is 183 g/mol. The Morgan fingerprint density at radius 2 is 1.85 bits per heavy atom. The predicted octanol–water partition coefficient (Wildman–Crippen LogP) is 1.92. The van der Waals surface area contributed by atoms with Crippen LogP contribution in [0.5, 0.6) is 0 Å². The number of nitrogens with zero attached hydrogens (tertiary/aromatic N) is 2. The zero-order valence-electron chi connectivity index (χ0n) is 7.76. The topological polar surface area (TPSA) is 53.5 Å². The molecule has 0 fully saturated rings. The maximum Gasteiger partial charge on any atom is 0.168 e. The Bertz CT molecular complexity index is 214. The molecular formula is C9H15N2O2+. The van der Waals surface area contributed by atoms with Crippen LogP contribution in [0.1, 0.15) is 19.8 Å². The van der Waals surface area contributed by atoms with Gasteiger partial charge < -0.3 is 5.21 Å². The van der Waals surface area contributed by atoms with Gasteiger partial charge in [0, 0.05) is 18.6 Å². The molecule has 1 aromatic rings. The second-order valence-electron chi connectivity index (χ2n) is 2.55. The molecule has 0 amide bonds. The molecule has 0 unspecified atom stereocenters. The maximum atomic E-state index is 8.11. The average Bonchev–Trinajstić information content (AvgIpc) is 2.18. The number of unbranched alkanes of at least 4 members (excludes halogenated alkanes) is 1. The van der Waals surface area contributed by atoms with E-state index in [1.165, 1.54) is 18.2 Å². The first-order valence-corrected chi connectivity index (χ1v) is 4.26. The van der Waals surface area contributed by atoms with E-state index in [1.807, 2.05) is 6.07 Å². The van der Waals surface area contributed by atoms with E-state index in [9.17, 15) is 0 Å². The number of rotatable bonds is 3. The summed E-state index contributed by atoms with van der Waals surface area (Å²) in [7, 11) is 0. The van der Waals surface area contributed by atoms with Crippen molar-refractivity contribution in [3.8, 4) is 0 Å². The van der Waals surface area contributed by atoms with Crippen molar-refractivity contribution in [2.45, 2.75) is 26.3 Å². The summed E-state index contributed by atoms with van der Waals surface area (Å²) in [6, 6.07) is 6.17. The SMILES string of the molecule is CCCC[n+]1ccccc1.O=NO. The van der Waals surface area contributed by atoms with Crippen molar-refractivity contribution in [3.05, 3.63) is 35.5 Å². The van der Waals surface area contributed by atoms with Crippen molar-refractivity contribution < 1.29 is 9.77 Å². The standard InChI is InChI=1S/C9H14N.HNO2/c1-2-3-7-10-8-5-4-6-9-10;2-1-3/h4-6,8-9H,2-3,7H2,1H3;(H,2,3)/q+1;. The van der Waals surface area contributed by atoms with Crippen LogP contribution in [0.15, 0.2) is 35.9 Å². The number of pyridine rings is 1. The highest BCUT2D eigenvalue weighted by Crippen LogP contribution is 1.85. The van der Waals surface area contributed by atoms with E-state index in [4.69, 9.17) is 10.1 Å². The summed E-state index contributed by atoms with van der Waals surface area (Å²) in [6.45, 7) is 3.36. The third-order valence-corrected chi connectivity index (χ3v) is 1.55. The molecule has 0 aromatic carbocycles. The van der Waals surface area contributed by atoms with E-state index in [-0.39, 0.29) is 0 Å². The van der Waals surface area contributed by atoms with Gasteiger partial charge in [-0.05, 0) is 0 Å². The first kappa shape index (κ1) is 11.6. The Balaban J connectivity index is 0.000000424. The molecule has 0 saturated carbocycles. The zero-order chi connectivity index (χ0) is 9.94. The van der Waals surface area contributed by atoms with Crippen LogP contribution in [0.25, 0.3) is 0 Å². The van der Waals surface area contributed by atoms with Gasteiger partial charge in [-0.3, -0.25) is 0 Å². The van der Waals surface area contributed by atoms with E-state index in [0.717, 1.165) is 6.54 Å². The summed E-state index contributed by atoms with van der Waals surface area (Å²) in [4.78, 5) is 8.11. The molecule has 72 valence electrons. The number of hydrogen-bond acceptors (Lipinski definition) is 2. The molecule has 1 heterocycles. The lowest BCUT2D eigenvalue weighted by Gasteiger charge is -1.91. The van der Waals surface area contributed by atoms with Crippen LogP contribution in [0.2, 0.25) is 0 Å². The van der Waals surface area contributed by atoms with Crippen LogP contribution in [0.4, 0.5) is 0 Å². The molecule has 0 saturated heterocycles. The summed E-state index contributed by atoms with van der Waals surface area (Å²) < 4.78 is 2.21. The van der Waals surface area contributed by atoms with Gasteiger partial charge in [0.15, 0.2) is 17.7 Å². The molecule has 4 nitrogen and oxygen atoms in total. The minimum atomic E-state index is 1.15. The van der Waals surface area contributed by atoms with Gasteiger partial charge in [-0.25, -0.2) is 4.57 Å². The molecule has 0 radical (unpaired) electrons. The Hall–Kier alpha value is -1.45. The Labute approximate surface area is 77.8 Å². The van der Waals surface area contributed by atoms with Crippen molar-refractivity contribution in [1.29, 1.82) is 0 Å². The van der Waals surface area contributed by atoms with E-state index < -0.39 is 0 Å². The Kier molecular flexibility index (Phi) is 7.68. The molecule has 0 aliphatic heterocycles. The summed E-state index contributed by atoms with van der Waals surface area (Å²) in [5.41, 5.74) is 0. The van der Waals surface area contributed by atoms with Gasteiger partial charge >= 0.3 is 0 Å². The van der Waals surface area contributed by atoms with Gasteiger partial charge in [0.2, 0.25) is 0 Å². The minimum absolute atomic E-state index is 1.15. The second kappa shape index (κ2) is 8.64. The molecule has 1 N–H and O–H groups in total. The molecule has 0 aliphatic rings. The van der Waals surface area contributed by atoms with Crippen molar-refractivity contribution in [3.63, 3.8) is 0 Å². The quantitative estimate of drug-likeness (QED) is 0.442. The second-order valence-corrected chi connectivity index (χ2v) is 2.55. The average molecular weight is 183 g/mol.